The molecular weight excluding hydrogens is 472 g/mol. The van der Waals surface area contributed by atoms with Gasteiger partial charge in [-0.1, -0.05) is 69.9 Å². The largest absolute Gasteiger partial charge is 0.338 e. The molecule has 4 rings (SSSR count). The van der Waals surface area contributed by atoms with E-state index in [1.807, 2.05) is 37.3 Å². The van der Waals surface area contributed by atoms with E-state index in [2.05, 4.69) is 27.6 Å². The Bertz CT molecular complexity index is 1080. The number of H-pyrrole nitrogens is 1. The molecule has 0 aliphatic heterocycles. The van der Waals surface area contributed by atoms with Crippen LogP contribution in [0.3, 0.4) is 0 Å². The van der Waals surface area contributed by atoms with Gasteiger partial charge in [0.05, 0.1) is 11.0 Å². The summed E-state index contributed by atoms with van der Waals surface area (Å²) in [4.78, 5) is 31.3. The van der Waals surface area contributed by atoms with E-state index in [9.17, 15) is 9.59 Å². The van der Waals surface area contributed by atoms with Crippen LogP contribution in [0.4, 0.5) is 0 Å². The monoisotopic (exact) mass is 518 g/mol. The highest BCUT2D eigenvalue weighted by atomic mass is 16.1. The highest BCUT2D eigenvalue weighted by Gasteiger charge is 2.18. The predicted molar refractivity (Wildman–Crippen MR) is 158 cm³/mol. The molecule has 0 saturated heterocycles. The first-order valence-electron chi connectivity index (χ1n) is 14.6. The van der Waals surface area contributed by atoms with Crippen LogP contribution in [0.1, 0.15) is 107 Å². The van der Waals surface area contributed by atoms with E-state index in [1.54, 1.807) is 18.3 Å². The maximum absolute atomic E-state index is 12.4. The van der Waals surface area contributed by atoms with E-state index in [0.717, 1.165) is 60.4 Å². The van der Waals surface area contributed by atoms with Gasteiger partial charge in [-0.3, -0.25) is 9.59 Å². The molecule has 2 fully saturated rings. The number of nitrogens with one attached hydrogen (secondary N) is 3. The standard InChI is InChI=1S/C24H29N3O2.C8H17N/c1-2-9-19(23-26-21-14-13-18(17-28)16-22(21)27-23)12-8-15-25-24(29)20-10-6-4-3-5-7-11-20;1-9-8-6-4-2-3-5-7-8/h2,8-9,12-17,20H,3-7,10-11H2,1H3,(H,25,29)(H,26,27);8-9H,2-7H2,1H3/b9-2-,15-8+,19-12+;. The van der Waals surface area contributed by atoms with Crippen molar-refractivity contribution in [1.29, 1.82) is 0 Å². The van der Waals surface area contributed by atoms with Crippen LogP contribution >= 0.6 is 0 Å². The molecule has 0 spiro atoms. The zero-order valence-electron chi connectivity index (χ0n) is 23.3. The van der Waals surface area contributed by atoms with E-state index in [4.69, 9.17) is 0 Å². The third kappa shape index (κ3) is 9.71. The Labute approximate surface area is 228 Å². The van der Waals surface area contributed by atoms with Crippen LogP contribution in [0, 0.1) is 5.92 Å². The Morgan fingerprint density at radius 1 is 0.974 bits per heavy atom. The summed E-state index contributed by atoms with van der Waals surface area (Å²) in [6.45, 7) is 1.95. The van der Waals surface area contributed by atoms with Gasteiger partial charge in [0, 0.05) is 29.3 Å². The third-order valence-corrected chi connectivity index (χ3v) is 7.60. The number of imidazole rings is 1. The van der Waals surface area contributed by atoms with Crippen LogP contribution in [-0.4, -0.2) is 35.3 Å². The van der Waals surface area contributed by atoms with Gasteiger partial charge in [0.2, 0.25) is 5.91 Å². The van der Waals surface area contributed by atoms with Crippen molar-refractivity contribution in [1.82, 2.24) is 20.6 Å². The van der Waals surface area contributed by atoms with Crippen molar-refractivity contribution in [2.24, 2.45) is 5.92 Å². The van der Waals surface area contributed by atoms with Crippen LogP contribution in [0.2, 0.25) is 0 Å². The van der Waals surface area contributed by atoms with E-state index in [1.165, 1.54) is 57.8 Å². The van der Waals surface area contributed by atoms with Gasteiger partial charge in [-0.15, -0.1) is 0 Å². The highest BCUT2D eigenvalue weighted by molar-refractivity contribution is 5.87. The first-order valence-corrected chi connectivity index (χ1v) is 14.6. The Kier molecular flexibility index (Phi) is 13.0. The zero-order chi connectivity index (χ0) is 27.0. The number of hydrogen-bond donors (Lipinski definition) is 3. The number of aromatic amines is 1. The topological polar surface area (TPSA) is 86.9 Å². The molecule has 2 aliphatic carbocycles. The van der Waals surface area contributed by atoms with Crippen molar-refractivity contribution in [3.8, 4) is 0 Å². The summed E-state index contributed by atoms with van der Waals surface area (Å²) < 4.78 is 0. The van der Waals surface area contributed by atoms with Crippen LogP contribution in [0.5, 0.6) is 0 Å². The van der Waals surface area contributed by atoms with Gasteiger partial charge in [-0.2, -0.15) is 0 Å². The second-order valence-corrected chi connectivity index (χ2v) is 10.5. The van der Waals surface area contributed by atoms with Crippen LogP contribution < -0.4 is 10.6 Å². The minimum Gasteiger partial charge on any atom is -0.338 e. The molecule has 1 aromatic heterocycles. The number of hydrogen-bond acceptors (Lipinski definition) is 4. The maximum atomic E-state index is 12.4. The van der Waals surface area contributed by atoms with Crippen LogP contribution in [-0.2, 0) is 4.79 Å². The molecular formula is C32H46N4O2. The van der Waals surface area contributed by atoms with Gasteiger partial charge < -0.3 is 15.6 Å². The molecule has 0 atom stereocenters. The molecule has 2 aliphatic rings. The van der Waals surface area contributed by atoms with E-state index >= 15 is 0 Å². The number of carbonyl (C=O) groups is 2. The van der Waals surface area contributed by atoms with Gasteiger partial charge in [-0.05, 0) is 70.0 Å². The molecule has 0 radical (unpaired) electrons. The van der Waals surface area contributed by atoms with E-state index in [0.29, 0.717) is 5.56 Å². The van der Waals surface area contributed by atoms with Gasteiger partial charge in [-0.25, -0.2) is 4.98 Å². The number of allylic oxidation sites excluding steroid dienone is 5. The molecule has 38 heavy (non-hydrogen) atoms. The number of carbonyl (C=O) groups excluding carboxylic acids is 2. The van der Waals surface area contributed by atoms with Crippen molar-refractivity contribution < 1.29 is 9.59 Å². The lowest BCUT2D eigenvalue weighted by atomic mass is 9.90. The second-order valence-electron chi connectivity index (χ2n) is 10.5. The van der Waals surface area contributed by atoms with E-state index < -0.39 is 0 Å². The van der Waals surface area contributed by atoms with Gasteiger partial charge in [0.25, 0.3) is 0 Å². The fourth-order valence-electron chi connectivity index (χ4n) is 5.32. The summed E-state index contributed by atoms with van der Waals surface area (Å²) in [5, 5.41) is 6.28. The molecule has 3 N–H and O–H groups in total. The molecule has 6 nitrogen and oxygen atoms in total. The zero-order valence-corrected chi connectivity index (χ0v) is 23.3. The Hall–Kier alpha value is -2.99. The number of benzene rings is 1. The average molecular weight is 519 g/mol. The number of aromatic nitrogens is 2. The Morgan fingerprint density at radius 3 is 2.26 bits per heavy atom. The Balaban J connectivity index is 0.000000375. The number of aldehydes is 1. The third-order valence-electron chi connectivity index (χ3n) is 7.60. The van der Waals surface area contributed by atoms with Crippen molar-refractivity contribution >= 4 is 28.8 Å². The lowest BCUT2D eigenvalue weighted by molar-refractivity contribution is -0.124. The first kappa shape index (κ1) is 29.6. The van der Waals surface area contributed by atoms with Gasteiger partial charge in [0.1, 0.15) is 12.1 Å². The molecule has 1 amide bonds. The Morgan fingerprint density at radius 2 is 1.63 bits per heavy atom. The van der Waals surface area contributed by atoms with Crippen molar-refractivity contribution in [2.45, 2.75) is 96.4 Å². The average Bonchev–Trinajstić information content (AvgIpc) is 3.15. The summed E-state index contributed by atoms with van der Waals surface area (Å²) in [7, 11) is 2.08. The summed E-state index contributed by atoms with van der Waals surface area (Å²) >= 11 is 0. The number of amides is 1. The predicted octanol–water partition coefficient (Wildman–Crippen LogP) is 7.25. The molecule has 1 aromatic carbocycles. The van der Waals surface area contributed by atoms with Crippen molar-refractivity contribution in [3.05, 3.63) is 60.1 Å². The molecule has 2 saturated carbocycles. The molecule has 2 aromatic rings. The fourth-order valence-corrected chi connectivity index (χ4v) is 5.32. The number of nitrogens with zero attached hydrogens (tertiary/aromatic N) is 1. The molecule has 1 heterocycles. The smallest absolute Gasteiger partial charge is 0.227 e. The van der Waals surface area contributed by atoms with Crippen LogP contribution in [0.15, 0.2) is 48.7 Å². The first-order chi connectivity index (χ1) is 18.6. The van der Waals surface area contributed by atoms with Crippen molar-refractivity contribution in [2.75, 3.05) is 7.05 Å². The highest BCUT2D eigenvalue weighted by Crippen LogP contribution is 2.23. The molecule has 0 bridgehead atoms. The molecule has 0 unspecified atom stereocenters. The molecule has 206 valence electrons. The SMILES string of the molecule is CNC1CCCCCC1.C\C=C/C(=C\C=C\NC(=O)C1CCCCCCC1)c1nc2ccc(C=O)cc2[nH]1. The van der Waals surface area contributed by atoms with Crippen molar-refractivity contribution in [3.63, 3.8) is 0 Å². The quantitative estimate of drug-likeness (QED) is 0.205. The number of rotatable bonds is 7. The maximum Gasteiger partial charge on any atom is 0.227 e. The van der Waals surface area contributed by atoms with E-state index in [-0.39, 0.29) is 11.8 Å². The van der Waals surface area contributed by atoms with Gasteiger partial charge in [0.15, 0.2) is 0 Å². The lowest BCUT2D eigenvalue weighted by Gasteiger charge is -2.17. The fraction of sp³-hybridized carbons (Fsp3) is 0.531. The summed E-state index contributed by atoms with van der Waals surface area (Å²) in [5.74, 6) is 0.965. The summed E-state index contributed by atoms with van der Waals surface area (Å²) in [6.07, 6.45) is 26.8. The molecule has 6 heteroatoms. The minimum atomic E-state index is 0.120. The summed E-state index contributed by atoms with van der Waals surface area (Å²) in [6, 6.07) is 6.20. The van der Waals surface area contributed by atoms with Crippen LogP contribution in [0.25, 0.3) is 16.6 Å². The minimum absolute atomic E-state index is 0.120. The lowest BCUT2D eigenvalue weighted by Crippen LogP contribution is -2.27. The normalized spacial score (nSPS) is 18.5. The second kappa shape index (κ2) is 16.8. The summed E-state index contributed by atoms with van der Waals surface area (Å²) in [5.41, 5.74) is 3.14. The van der Waals surface area contributed by atoms with Gasteiger partial charge >= 0.3 is 0 Å². The number of fused-ring (bicyclic) bond motifs is 1.